The van der Waals surface area contributed by atoms with Gasteiger partial charge in [0.2, 0.25) is 0 Å². The molecule has 3 aliphatic rings. The van der Waals surface area contributed by atoms with Gasteiger partial charge in [0, 0.05) is 40.3 Å². The molecule has 0 fully saturated rings. The standard InChI is InChI=1S/C44H32N4/c1-43(2)33-15-3-7-19-37(33)47(38-20-8-4-16-34(38)43)29-23-25-30(26-24-29)48-39-21-9-5-17-35(39)44(36-18-6-10-22-40(36)48)41-31(13-11-27-45-41)32-14-12-28-46-42(32)44/h3-28H,1-2H3. The summed E-state index contributed by atoms with van der Waals surface area (Å²) in [7, 11) is 0. The number of rotatable bonds is 2. The minimum atomic E-state index is -0.620. The maximum absolute atomic E-state index is 5.09. The van der Waals surface area contributed by atoms with E-state index < -0.39 is 5.41 Å². The van der Waals surface area contributed by atoms with E-state index in [0.29, 0.717) is 0 Å². The van der Waals surface area contributed by atoms with Crippen LogP contribution in [-0.4, -0.2) is 9.97 Å². The first kappa shape index (κ1) is 27.1. The second kappa shape index (κ2) is 9.76. The lowest BCUT2D eigenvalue weighted by atomic mass is 9.68. The van der Waals surface area contributed by atoms with Crippen LogP contribution in [-0.2, 0) is 10.8 Å². The summed E-state index contributed by atoms with van der Waals surface area (Å²) in [6.07, 6.45) is 3.83. The third-order valence-corrected chi connectivity index (χ3v) is 10.7. The molecule has 0 N–H and O–H groups in total. The summed E-state index contributed by atoms with van der Waals surface area (Å²) in [5.74, 6) is 0. The highest BCUT2D eigenvalue weighted by molar-refractivity contribution is 5.95. The van der Waals surface area contributed by atoms with Gasteiger partial charge in [-0.2, -0.15) is 0 Å². The average Bonchev–Trinajstić information content (AvgIpc) is 3.43. The first-order chi connectivity index (χ1) is 23.6. The SMILES string of the molecule is CC1(C)c2ccccc2N(c2ccc(N3c4ccccc4C4(c5ccccc53)c3ncccc3-c3cccnc34)cc2)c2ccccc21. The Morgan fingerprint density at radius 1 is 0.396 bits per heavy atom. The number of anilines is 6. The van der Waals surface area contributed by atoms with Crippen LogP contribution in [0, 0.1) is 0 Å². The van der Waals surface area contributed by atoms with Crippen LogP contribution >= 0.6 is 0 Å². The van der Waals surface area contributed by atoms with Gasteiger partial charge < -0.3 is 9.80 Å². The van der Waals surface area contributed by atoms with E-state index in [9.17, 15) is 0 Å². The number of para-hydroxylation sites is 4. The maximum atomic E-state index is 5.09. The van der Waals surface area contributed by atoms with Crippen molar-refractivity contribution in [3.05, 3.63) is 192 Å². The Balaban J connectivity index is 1.16. The molecule has 5 aromatic carbocycles. The van der Waals surface area contributed by atoms with E-state index in [1.165, 1.54) is 33.6 Å². The van der Waals surface area contributed by atoms with Gasteiger partial charge >= 0.3 is 0 Å². The fourth-order valence-electron chi connectivity index (χ4n) is 8.69. The molecule has 1 aliphatic carbocycles. The molecule has 4 heterocycles. The smallest absolute Gasteiger partial charge is 0.110 e. The molecule has 2 aromatic heterocycles. The van der Waals surface area contributed by atoms with E-state index in [4.69, 9.17) is 9.97 Å². The van der Waals surface area contributed by atoms with Crippen molar-refractivity contribution >= 4 is 34.1 Å². The fourth-order valence-corrected chi connectivity index (χ4v) is 8.69. The Morgan fingerprint density at radius 3 is 1.17 bits per heavy atom. The molecule has 0 unspecified atom stereocenters. The Kier molecular flexibility index (Phi) is 5.52. The van der Waals surface area contributed by atoms with Crippen molar-refractivity contribution in [3.8, 4) is 11.1 Å². The van der Waals surface area contributed by atoms with E-state index in [2.05, 4.69) is 157 Å². The summed E-state index contributed by atoms with van der Waals surface area (Å²) >= 11 is 0. The first-order valence-corrected chi connectivity index (χ1v) is 16.6. The highest BCUT2D eigenvalue weighted by Gasteiger charge is 2.54. The molecule has 1 spiro atoms. The van der Waals surface area contributed by atoms with Crippen LogP contribution in [0.4, 0.5) is 34.1 Å². The van der Waals surface area contributed by atoms with Crippen molar-refractivity contribution in [1.29, 1.82) is 0 Å². The Labute approximate surface area is 280 Å². The van der Waals surface area contributed by atoms with Crippen LogP contribution in [0.5, 0.6) is 0 Å². The predicted molar refractivity (Wildman–Crippen MR) is 194 cm³/mol. The molecule has 0 bridgehead atoms. The molecule has 228 valence electrons. The van der Waals surface area contributed by atoms with Gasteiger partial charge in [0.15, 0.2) is 0 Å². The summed E-state index contributed by atoms with van der Waals surface area (Å²) < 4.78 is 0. The first-order valence-electron chi connectivity index (χ1n) is 16.6. The summed E-state index contributed by atoms with van der Waals surface area (Å²) in [5.41, 5.74) is 15.6. The number of hydrogen-bond acceptors (Lipinski definition) is 4. The van der Waals surface area contributed by atoms with Crippen LogP contribution < -0.4 is 9.80 Å². The average molecular weight is 617 g/mol. The molecule has 48 heavy (non-hydrogen) atoms. The predicted octanol–water partition coefficient (Wildman–Crippen LogP) is 10.7. The monoisotopic (exact) mass is 616 g/mol. The molecule has 0 amide bonds. The second-order valence-corrected chi connectivity index (χ2v) is 13.4. The Morgan fingerprint density at radius 2 is 0.750 bits per heavy atom. The second-order valence-electron chi connectivity index (χ2n) is 13.4. The quantitative estimate of drug-likeness (QED) is 0.193. The van der Waals surface area contributed by atoms with E-state index in [0.717, 1.165) is 45.3 Å². The Bertz CT molecular complexity index is 2260. The third-order valence-electron chi connectivity index (χ3n) is 10.7. The minimum Gasteiger partial charge on any atom is -0.310 e. The van der Waals surface area contributed by atoms with Crippen molar-refractivity contribution in [3.63, 3.8) is 0 Å². The van der Waals surface area contributed by atoms with E-state index >= 15 is 0 Å². The lowest BCUT2D eigenvalue weighted by Crippen LogP contribution is -2.37. The molecular formula is C44H32N4. The number of pyridine rings is 2. The maximum Gasteiger partial charge on any atom is 0.110 e. The molecule has 0 radical (unpaired) electrons. The van der Waals surface area contributed by atoms with E-state index in [1.54, 1.807) is 0 Å². The summed E-state index contributed by atoms with van der Waals surface area (Å²) in [6.45, 7) is 4.66. The number of fused-ring (bicyclic) bond motifs is 11. The van der Waals surface area contributed by atoms with Gasteiger partial charge in [0.1, 0.15) is 5.41 Å². The third kappa shape index (κ3) is 3.39. The summed E-state index contributed by atoms with van der Waals surface area (Å²) in [4.78, 5) is 15.0. The molecule has 4 heteroatoms. The van der Waals surface area contributed by atoms with Gasteiger partial charge in [-0.25, -0.2) is 0 Å². The van der Waals surface area contributed by atoms with Crippen LogP contribution in [0.25, 0.3) is 11.1 Å². The largest absolute Gasteiger partial charge is 0.310 e. The number of benzene rings is 5. The molecule has 2 aliphatic heterocycles. The van der Waals surface area contributed by atoms with Crippen LogP contribution in [0.15, 0.2) is 158 Å². The molecule has 0 saturated heterocycles. The van der Waals surface area contributed by atoms with Gasteiger partial charge in [-0.15, -0.1) is 0 Å². The van der Waals surface area contributed by atoms with Crippen molar-refractivity contribution in [1.82, 2.24) is 9.97 Å². The lowest BCUT2D eigenvalue weighted by Gasteiger charge is -2.44. The number of hydrogen-bond donors (Lipinski definition) is 0. The highest BCUT2D eigenvalue weighted by atomic mass is 15.2. The van der Waals surface area contributed by atoms with Crippen molar-refractivity contribution in [2.45, 2.75) is 24.7 Å². The lowest BCUT2D eigenvalue weighted by molar-refractivity contribution is 0.632. The molecule has 7 aromatic rings. The van der Waals surface area contributed by atoms with Gasteiger partial charge in [0.05, 0.1) is 34.1 Å². The molecule has 0 atom stereocenters. The van der Waals surface area contributed by atoms with Crippen molar-refractivity contribution in [2.24, 2.45) is 0 Å². The van der Waals surface area contributed by atoms with E-state index in [1.807, 2.05) is 24.5 Å². The van der Waals surface area contributed by atoms with Crippen molar-refractivity contribution < 1.29 is 0 Å². The summed E-state index contributed by atoms with van der Waals surface area (Å²) in [5, 5.41) is 0. The van der Waals surface area contributed by atoms with E-state index in [-0.39, 0.29) is 5.41 Å². The zero-order valence-electron chi connectivity index (χ0n) is 26.8. The van der Waals surface area contributed by atoms with Crippen LogP contribution in [0.3, 0.4) is 0 Å². The fraction of sp³-hybridized carbons (Fsp3) is 0.0909. The van der Waals surface area contributed by atoms with Gasteiger partial charge in [0.25, 0.3) is 0 Å². The highest BCUT2D eigenvalue weighted by Crippen LogP contribution is 2.62. The zero-order valence-corrected chi connectivity index (χ0v) is 26.8. The van der Waals surface area contributed by atoms with Gasteiger partial charge in [-0.3, -0.25) is 9.97 Å². The van der Waals surface area contributed by atoms with Crippen molar-refractivity contribution in [2.75, 3.05) is 9.80 Å². The summed E-state index contributed by atoms with van der Waals surface area (Å²) in [6, 6.07) is 52.7. The van der Waals surface area contributed by atoms with Gasteiger partial charge in [-0.1, -0.05) is 98.8 Å². The molecule has 4 nitrogen and oxygen atoms in total. The normalized spacial score (nSPS) is 15.5. The Hall–Kier alpha value is -6.00. The van der Waals surface area contributed by atoms with Crippen LogP contribution in [0.2, 0.25) is 0 Å². The minimum absolute atomic E-state index is 0.0952. The zero-order chi connectivity index (χ0) is 32.0. The molecular weight excluding hydrogens is 585 g/mol. The molecule has 10 rings (SSSR count). The topological polar surface area (TPSA) is 32.3 Å². The van der Waals surface area contributed by atoms with Crippen LogP contribution in [0.1, 0.15) is 47.5 Å². The molecule has 0 saturated carbocycles. The van der Waals surface area contributed by atoms with Gasteiger partial charge in [-0.05, 0) is 82.9 Å². The number of nitrogens with zero attached hydrogens (tertiary/aromatic N) is 4. The number of aromatic nitrogens is 2.